The van der Waals surface area contributed by atoms with E-state index in [1.54, 1.807) is 25.5 Å². The normalized spacial score (nSPS) is 17.7. The summed E-state index contributed by atoms with van der Waals surface area (Å²) < 4.78 is 1.82. The van der Waals surface area contributed by atoms with Crippen LogP contribution in [-0.2, 0) is 11.8 Å². The second-order valence-electron chi connectivity index (χ2n) is 5.76. The number of amides is 1. The molecule has 0 radical (unpaired) electrons. The van der Waals surface area contributed by atoms with Gasteiger partial charge in [-0.1, -0.05) is 12.1 Å². The lowest BCUT2D eigenvalue weighted by Crippen LogP contribution is -2.27. The van der Waals surface area contributed by atoms with Gasteiger partial charge in [-0.3, -0.25) is 14.4 Å². The highest BCUT2D eigenvalue weighted by molar-refractivity contribution is 6.15. The Morgan fingerprint density at radius 3 is 2.88 bits per heavy atom. The highest BCUT2D eigenvalue weighted by Crippen LogP contribution is 2.19. The van der Waals surface area contributed by atoms with E-state index in [4.69, 9.17) is 0 Å². The van der Waals surface area contributed by atoms with Gasteiger partial charge >= 0.3 is 0 Å². The zero-order chi connectivity index (χ0) is 17.4. The van der Waals surface area contributed by atoms with Crippen LogP contribution in [0.4, 0.5) is 5.82 Å². The standard InChI is InChI=1S/C18H16N6O/c1-23-17(25)14(21-18(23)22-16-5-3-4-8-19-16)10-12-6-7-15-13(9-12)11-20-24(15)2/h3-11H,1-2H3,(H,19,21,22)/b14-10-. The molecule has 25 heavy (non-hydrogen) atoms. The third-order valence-corrected chi connectivity index (χ3v) is 4.05. The lowest BCUT2D eigenvalue weighted by molar-refractivity contribution is -0.121. The van der Waals surface area contributed by atoms with Gasteiger partial charge < -0.3 is 5.32 Å². The molecular formula is C18H16N6O. The molecule has 1 aliphatic rings. The number of aliphatic imine (C=N–C) groups is 1. The predicted molar refractivity (Wildman–Crippen MR) is 95.9 cm³/mol. The highest BCUT2D eigenvalue weighted by Gasteiger charge is 2.28. The Morgan fingerprint density at radius 1 is 1.20 bits per heavy atom. The molecule has 3 aromatic rings. The molecule has 4 rings (SSSR count). The molecule has 0 spiro atoms. The number of aromatic nitrogens is 3. The SMILES string of the molecule is CN1C(=O)/C(=C/c2ccc3c(cnn3C)c2)N/C1=N\c1ccccn1. The molecule has 0 unspecified atom stereocenters. The van der Waals surface area contributed by atoms with Crippen molar-refractivity contribution in [3.8, 4) is 0 Å². The molecule has 2 aromatic heterocycles. The molecule has 0 atom stereocenters. The quantitative estimate of drug-likeness (QED) is 0.729. The Labute approximate surface area is 144 Å². The fraction of sp³-hybridized carbons (Fsp3) is 0.111. The second-order valence-corrected chi connectivity index (χ2v) is 5.76. The number of pyridine rings is 1. The van der Waals surface area contributed by atoms with Crippen molar-refractivity contribution in [3.63, 3.8) is 0 Å². The first-order chi connectivity index (χ1) is 12.1. The van der Waals surface area contributed by atoms with E-state index in [-0.39, 0.29) is 5.91 Å². The average Bonchev–Trinajstić information content (AvgIpc) is 3.11. The van der Waals surface area contributed by atoms with E-state index >= 15 is 0 Å². The lowest BCUT2D eigenvalue weighted by Gasteiger charge is -2.06. The number of guanidine groups is 1. The first kappa shape index (κ1) is 15.1. The van der Waals surface area contributed by atoms with Crippen molar-refractivity contribution in [2.24, 2.45) is 12.0 Å². The molecule has 1 fully saturated rings. The zero-order valence-corrected chi connectivity index (χ0v) is 13.8. The van der Waals surface area contributed by atoms with E-state index in [0.29, 0.717) is 17.5 Å². The number of hydrogen-bond acceptors (Lipinski definition) is 4. The number of aryl methyl sites for hydroxylation is 1. The number of fused-ring (bicyclic) bond motifs is 1. The summed E-state index contributed by atoms with van der Waals surface area (Å²) in [7, 11) is 3.58. The molecule has 1 saturated heterocycles. The van der Waals surface area contributed by atoms with E-state index in [2.05, 4.69) is 20.4 Å². The first-order valence-corrected chi connectivity index (χ1v) is 7.80. The summed E-state index contributed by atoms with van der Waals surface area (Å²) in [5, 5.41) is 8.33. The van der Waals surface area contributed by atoms with Gasteiger partial charge in [-0.2, -0.15) is 10.1 Å². The van der Waals surface area contributed by atoms with Crippen molar-refractivity contribution in [2.45, 2.75) is 0 Å². The number of nitrogens with one attached hydrogen (secondary N) is 1. The van der Waals surface area contributed by atoms with Gasteiger partial charge in [0.15, 0.2) is 5.82 Å². The molecule has 124 valence electrons. The summed E-state index contributed by atoms with van der Waals surface area (Å²) in [6, 6.07) is 11.4. The minimum atomic E-state index is -0.138. The van der Waals surface area contributed by atoms with Crippen molar-refractivity contribution in [2.75, 3.05) is 7.05 Å². The number of benzene rings is 1. The number of nitrogens with zero attached hydrogens (tertiary/aromatic N) is 5. The third-order valence-electron chi connectivity index (χ3n) is 4.05. The fourth-order valence-electron chi connectivity index (χ4n) is 2.70. The summed E-state index contributed by atoms with van der Waals surface area (Å²) in [5.74, 6) is 0.862. The minimum absolute atomic E-state index is 0.138. The zero-order valence-electron chi connectivity index (χ0n) is 13.8. The van der Waals surface area contributed by atoms with Crippen LogP contribution in [0.15, 0.2) is 59.5 Å². The Bertz CT molecular complexity index is 1020. The Morgan fingerprint density at radius 2 is 2.08 bits per heavy atom. The molecule has 0 aliphatic carbocycles. The predicted octanol–water partition coefficient (Wildman–Crippen LogP) is 2.06. The van der Waals surface area contributed by atoms with Crippen LogP contribution in [0.3, 0.4) is 0 Å². The smallest absolute Gasteiger partial charge is 0.276 e. The number of likely N-dealkylation sites (N-methyl/N-ethyl adjacent to an activating group) is 1. The Hall–Kier alpha value is -3.48. The summed E-state index contributed by atoms with van der Waals surface area (Å²) in [6.45, 7) is 0. The van der Waals surface area contributed by atoms with Gasteiger partial charge in [0, 0.05) is 25.7 Å². The molecule has 1 aliphatic heterocycles. The summed E-state index contributed by atoms with van der Waals surface area (Å²) >= 11 is 0. The van der Waals surface area contributed by atoms with E-state index in [9.17, 15) is 4.79 Å². The summed E-state index contributed by atoms with van der Waals surface area (Å²) in [4.78, 5) is 22.5. The highest BCUT2D eigenvalue weighted by atomic mass is 16.2. The van der Waals surface area contributed by atoms with Crippen LogP contribution in [0.1, 0.15) is 5.56 Å². The van der Waals surface area contributed by atoms with Crippen LogP contribution in [0.25, 0.3) is 17.0 Å². The van der Waals surface area contributed by atoms with E-state index in [0.717, 1.165) is 16.5 Å². The Kier molecular flexibility index (Phi) is 3.53. The van der Waals surface area contributed by atoms with Gasteiger partial charge in [0.1, 0.15) is 5.70 Å². The largest absolute Gasteiger partial charge is 0.321 e. The topological polar surface area (TPSA) is 75.4 Å². The molecular weight excluding hydrogens is 316 g/mol. The van der Waals surface area contributed by atoms with Crippen LogP contribution in [0, 0.1) is 0 Å². The molecule has 1 N–H and O–H groups in total. The Balaban J connectivity index is 1.66. The van der Waals surface area contributed by atoms with Crippen LogP contribution in [0.2, 0.25) is 0 Å². The summed E-state index contributed by atoms with van der Waals surface area (Å²) in [6.07, 6.45) is 5.28. The number of hydrogen-bond donors (Lipinski definition) is 1. The van der Waals surface area contributed by atoms with Crippen LogP contribution < -0.4 is 5.32 Å². The van der Waals surface area contributed by atoms with Crippen molar-refractivity contribution in [1.82, 2.24) is 25.0 Å². The van der Waals surface area contributed by atoms with Gasteiger partial charge in [0.25, 0.3) is 5.91 Å². The summed E-state index contributed by atoms with van der Waals surface area (Å²) in [5.41, 5.74) is 2.44. The molecule has 1 aromatic carbocycles. The molecule has 7 nitrogen and oxygen atoms in total. The molecule has 7 heteroatoms. The maximum absolute atomic E-state index is 12.5. The van der Waals surface area contributed by atoms with E-state index in [1.165, 1.54) is 4.90 Å². The molecule has 1 amide bonds. The maximum atomic E-state index is 12.5. The number of rotatable bonds is 2. The van der Waals surface area contributed by atoms with Crippen LogP contribution in [-0.4, -0.2) is 38.6 Å². The number of carbonyl (C=O) groups excluding carboxylic acids is 1. The monoisotopic (exact) mass is 332 g/mol. The van der Waals surface area contributed by atoms with E-state index < -0.39 is 0 Å². The first-order valence-electron chi connectivity index (χ1n) is 7.80. The lowest BCUT2D eigenvalue weighted by atomic mass is 10.1. The molecule has 0 bridgehead atoms. The average molecular weight is 332 g/mol. The van der Waals surface area contributed by atoms with Gasteiger partial charge in [0.05, 0.1) is 11.7 Å². The van der Waals surface area contributed by atoms with Gasteiger partial charge in [-0.15, -0.1) is 0 Å². The van der Waals surface area contributed by atoms with Gasteiger partial charge in [-0.05, 0) is 35.9 Å². The number of carbonyl (C=O) groups is 1. The minimum Gasteiger partial charge on any atom is -0.321 e. The van der Waals surface area contributed by atoms with Crippen molar-refractivity contribution >= 4 is 34.7 Å². The fourth-order valence-corrected chi connectivity index (χ4v) is 2.70. The van der Waals surface area contributed by atoms with Crippen LogP contribution in [0.5, 0.6) is 0 Å². The van der Waals surface area contributed by atoms with Gasteiger partial charge in [0.2, 0.25) is 5.96 Å². The maximum Gasteiger partial charge on any atom is 0.276 e. The van der Waals surface area contributed by atoms with Crippen molar-refractivity contribution in [1.29, 1.82) is 0 Å². The van der Waals surface area contributed by atoms with Crippen LogP contribution >= 0.6 is 0 Å². The molecule has 0 saturated carbocycles. The second kappa shape index (κ2) is 5.86. The van der Waals surface area contributed by atoms with Gasteiger partial charge in [-0.25, -0.2) is 4.98 Å². The van der Waals surface area contributed by atoms with E-state index in [1.807, 2.05) is 48.1 Å². The van der Waals surface area contributed by atoms with Crippen molar-refractivity contribution < 1.29 is 4.79 Å². The third kappa shape index (κ3) is 2.76. The van der Waals surface area contributed by atoms with Crippen molar-refractivity contribution in [3.05, 3.63) is 60.1 Å². The molecule has 3 heterocycles.